The van der Waals surface area contributed by atoms with Crippen molar-refractivity contribution in [1.82, 2.24) is 19.5 Å². The van der Waals surface area contributed by atoms with Gasteiger partial charge in [-0.15, -0.1) is 0 Å². The van der Waals surface area contributed by atoms with Gasteiger partial charge in [-0.25, -0.2) is 9.97 Å². The second kappa shape index (κ2) is 6.97. The van der Waals surface area contributed by atoms with E-state index in [2.05, 4.69) is 27.1 Å². The summed E-state index contributed by atoms with van der Waals surface area (Å²) < 4.78 is 7.84. The van der Waals surface area contributed by atoms with Crippen molar-refractivity contribution in [3.63, 3.8) is 0 Å². The van der Waals surface area contributed by atoms with Crippen LogP contribution in [0.3, 0.4) is 0 Å². The van der Waals surface area contributed by atoms with Crippen molar-refractivity contribution in [3.8, 4) is 22.9 Å². The first-order chi connectivity index (χ1) is 12.4. The molecular weight excluding hydrogens is 312 g/mol. The van der Waals surface area contributed by atoms with Crippen LogP contribution in [0.5, 0.6) is 11.8 Å². The Morgan fingerprint density at radius 1 is 0.800 bits per heavy atom. The van der Waals surface area contributed by atoms with Crippen LogP contribution in [0.2, 0.25) is 0 Å². The Bertz CT molecular complexity index is 934. The highest BCUT2D eigenvalue weighted by atomic mass is 16.5. The highest BCUT2D eigenvalue weighted by Gasteiger charge is 2.07. The lowest BCUT2D eigenvalue weighted by Crippen LogP contribution is -2.01. The van der Waals surface area contributed by atoms with E-state index in [-0.39, 0.29) is 0 Å². The molecule has 25 heavy (non-hydrogen) atoms. The van der Waals surface area contributed by atoms with E-state index in [1.807, 2.05) is 53.2 Å². The van der Waals surface area contributed by atoms with E-state index in [1.165, 1.54) is 5.56 Å². The first-order valence-corrected chi connectivity index (χ1v) is 7.97. The quantitative estimate of drug-likeness (QED) is 0.551. The van der Waals surface area contributed by atoms with Crippen LogP contribution in [0, 0.1) is 0 Å². The summed E-state index contributed by atoms with van der Waals surface area (Å²) in [4.78, 5) is 12.7. The van der Waals surface area contributed by atoms with Crippen molar-refractivity contribution < 1.29 is 4.74 Å². The molecule has 4 aromatic rings. The number of imidazole rings is 1. The Kier molecular flexibility index (Phi) is 4.20. The van der Waals surface area contributed by atoms with Crippen molar-refractivity contribution in [2.75, 3.05) is 0 Å². The molecule has 3 heterocycles. The largest absolute Gasteiger partial charge is 0.421 e. The Balaban J connectivity index is 1.51. The van der Waals surface area contributed by atoms with Crippen LogP contribution in [-0.4, -0.2) is 19.5 Å². The van der Waals surface area contributed by atoms with Gasteiger partial charge >= 0.3 is 0 Å². The normalized spacial score (nSPS) is 10.6. The van der Waals surface area contributed by atoms with Crippen molar-refractivity contribution >= 4 is 0 Å². The first-order valence-electron chi connectivity index (χ1n) is 7.97. The fourth-order valence-electron chi connectivity index (χ4n) is 2.54. The molecule has 0 N–H and O–H groups in total. The zero-order valence-electron chi connectivity index (χ0n) is 13.5. The van der Waals surface area contributed by atoms with E-state index in [4.69, 9.17) is 4.74 Å². The number of hydrogen-bond acceptors (Lipinski definition) is 4. The third-order valence-electron chi connectivity index (χ3n) is 3.81. The molecule has 0 saturated carbocycles. The Morgan fingerprint density at radius 3 is 2.44 bits per heavy atom. The van der Waals surface area contributed by atoms with Gasteiger partial charge in [0.25, 0.3) is 0 Å². The van der Waals surface area contributed by atoms with Gasteiger partial charge < -0.3 is 4.74 Å². The van der Waals surface area contributed by atoms with Crippen LogP contribution < -0.4 is 4.74 Å². The molecule has 5 heteroatoms. The summed E-state index contributed by atoms with van der Waals surface area (Å²) in [5, 5.41) is 0. The van der Waals surface area contributed by atoms with E-state index < -0.39 is 0 Å². The van der Waals surface area contributed by atoms with E-state index in [0.29, 0.717) is 18.3 Å². The zero-order valence-corrected chi connectivity index (χ0v) is 13.5. The fraction of sp³-hybridized carbons (Fsp3) is 0.0500. The third kappa shape index (κ3) is 3.55. The van der Waals surface area contributed by atoms with Crippen LogP contribution in [0.15, 0.2) is 85.7 Å². The van der Waals surface area contributed by atoms with Crippen LogP contribution in [0.1, 0.15) is 5.56 Å². The van der Waals surface area contributed by atoms with E-state index in [9.17, 15) is 0 Å². The maximum Gasteiger partial charge on any atom is 0.222 e. The van der Waals surface area contributed by atoms with Gasteiger partial charge in [-0.1, -0.05) is 36.4 Å². The molecule has 0 fully saturated rings. The summed E-state index contributed by atoms with van der Waals surface area (Å²) in [6.45, 7) is 0.698. The average molecular weight is 328 g/mol. The van der Waals surface area contributed by atoms with Crippen molar-refractivity contribution in [2.24, 2.45) is 0 Å². The summed E-state index contributed by atoms with van der Waals surface area (Å²) in [6, 6.07) is 17.9. The van der Waals surface area contributed by atoms with E-state index in [1.54, 1.807) is 24.9 Å². The highest BCUT2D eigenvalue weighted by Crippen LogP contribution is 2.23. The van der Waals surface area contributed by atoms with Gasteiger partial charge in [0.05, 0.1) is 19.1 Å². The van der Waals surface area contributed by atoms with Gasteiger partial charge in [-0.05, 0) is 17.7 Å². The molecule has 122 valence electrons. The lowest BCUT2D eigenvalue weighted by Gasteiger charge is -2.09. The molecule has 0 radical (unpaired) electrons. The van der Waals surface area contributed by atoms with Crippen molar-refractivity contribution in [1.29, 1.82) is 0 Å². The molecular formula is C20H16N4O. The molecule has 0 atom stereocenters. The number of rotatable bonds is 5. The summed E-state index contributed by atoms with van der Waals surface area (Å²) in [5.41, 5.74) is 3.21. The van der Waals surface area contributed by atoms with Crippen LogP contribution >= 0.6 is 0 Å². The molecule has 0 aliphatic carbocycles. The summed E-state index contributed by atoms with van der Waals surface area (Å²) in [6.07, 6.45) is 8.80. The Labute approximate surface area is 145 Å². The van der Waals surface area contributed by atoms with Gasteiger partial charge in [0.1, 0.15) is 0 Å². The van der Waals surface area contributed by atoms with E-state index >= 15 is 0 Å². The molecule has 5 nitrogen and oxygen atoms in total. The first kappa shape index (κ1) is 15.1. The predicted molar refractivity (Wildman–Crippen MR) is 95.3 cm³/mol. The number of ether oxygens (including phenoxy) is 1. The molecule has 0 aliphatic rings. The molecule has 4 rings (SSSR count). The predicted octanol–water partition coefficient (Wildman–Crippen LogP) is 4.18. The Morgan fingerprint density at radius 2 is 1.68 bits per heavy atom. The topological polar surface area (TPSA) is 52.8 Å². The molecule has 0 saturated heterocycles. The minimum atomic E-state index is 0.530. The maximum absolute atomic E-state index is 5.89. The van der Waals surface area contributed by atoms with E-state index in [0.717, 1.165) is 11.1 Å². The lowest BCUT2D eigenvalue weighted by molar-refractivity contribution is 0.420. The van der Waals surface area contributed by atoms with Crippen LogP contribution in [0.4, 0.5) is 0 Å². The van der Waals surface area contributed by atoms with Crippen LogP contribution in [-0.2, 0) is 6.54 Å². The van der Waals surface area contributed by atoms with Crippen molar-refractivity contribution in [2.45, 2.75) is 6.54 Å². The average Bonchev–Trinajstić information content (AvgIpc) is 3.10. The molecule has 3 aromatic heterocycles. The summed E-state index contributed by atoms with van der Waals surface area (Å²) >= 11 is 0. The zero-order chi connectivity index (χ0) is 16.9. The van der Waals surface area contributed by atoms with Gasteiger partial charge in [0.2, 0.25) is 11.8 Å². The minimum absolute atomic E-state index is 0.530. The number of nitrogens with zero attached hydrogens (tertiary/aromatic N) is 4. The molecule has 0 amide bonds. The molecule has 0 unspecified atom stereocenters. The lowest BCUT2D eigenvalue weighted by atomic mass is 10.1. The van der Waals surface area contributed by atoms with Gasteiger partial charge in [0, 0.05) is 35.8 Å². The van der Waals surface area contributed by atoms with Gasteiger partial charge in [0.15, 0.2) is 0 Å². The monoisotopic (exact) mass is 328 g/mol. The van der Waals surface area contributed by atoms with Gasteiger partial charge in [-0.2, -0.15) is 0 Å². The maximum atomic E-state index is 5.89. The number of aromatic nitrogens is 4. The fourth-order valence-corrected chi connectivity index (χ4v) is 2.54. The SMILES string of the molecule is c1ccc(Cn2cncc2Oc2ccc(-c3cccnc3)cn2)cc1. The van der Waals surface area contributed by atoms with Crippen molar-refractivity contribution in [3.05, 3.63) is 91.3 Å². The molecule has 0 bridgehead atoms. The third-order valence-corrected chi connectivity index (χ3v) is 3.81. The number of hydrogen-bond donors (Lipinski definition) is 0. The standard InChI is InChI=1S/C20H16N4O/c1-2-5-16(6-3-1)14-24-15-22-13-20(24)25-19-9-8-18(12-23-19)17-7-4-10-21-11-17/h1-13,15H,14H2. The molecule has 0 aliphatic heterocycles. The second-order valence-corrected chi connectivity index (χ2v) is 5.57. The Hall–Kier alpha value is -3.47. The van der Waals surface area contributed by atoms with Gasteiger partial charge in [-0.3, -0.25) is 9.55 Å². The molecule has 0 spiro atoms. The smallest absolute Gasteiger partial charge is 0.222 e. The number of benzene rings is 1. The highest BCUT2D eigenvalue weighted by molar-refractivity contribution is 5.61. The molecule has 1 aromatic carbocycles. The second-order valence-electron chi connectivity index (χ2n) is 5.57. The number of pyridine rings is 2. The summed E-state index contributed by atoms with van der Waals surface area (Å²) in [7, 11) is 0. The summed E-state index contributed by atoms with van der Waals surface area (Å²) in [5.74, 6) is 1.19. The minimum Gasteiger partial charge on any atom is -0.421 e. The van der Waals surface area contributed by atoms with Crippen LogP contribution in [0.25, 0.3) is 11.1 Å².